The second kappa shape index (κ2) is 24.0. The molecule has 2 fully saturated rings. The minimum Gasteiger partial charge on any atom is -0.464 e. The maximum Gasteiger partial charge on any atom is 0.324 e. The van der Waals surface area contributed by atoms with Crippen LogP contribution in [-0.4, -0.2) is 148 Å². The Morgan fingerprint density at radius 1 is 1.09 bits per heavy atom. The van der Waals surface area contributed by atoms with E-state index in [0.717, 1.165) is 44.7 Å². The van der Waals surface area contributed by atoms with Gasteiger partial charge in [0.2, 0.25) is 5.91 Å². The van der Waals surface area contributed by atoms with Crippen molar-refractivity contribution in [3.05, 3.63) is 58.2 Å². The standard InChI is InChI=1S/C47H65N9O7S.4H2S/c1-11-55-37-17-16-30-20-32(37)33(41(55)31-14-12-18-48-39(31)29(4)62-10)22-46(5,6)27-63-44(59)34-15-13-19-56(51-34)43(58)35(21-38-49-36(30)23-64-38)50-42(57)40(28(2)3)53(9)45(60)54-25-47(61,26-54)24-52(7)8;;;;/h12,14,16-18,20,23,28-29,34-35,40,51,61H,11,13,15,19,21-22,24-27H2,1-10H3,(H,50,57);4*1H2/t29-,34-,35-,40-;;;;/m0..../s1. The van der Waals surface area contributed by atoms with E-state index in [1.54, 1.807) is 20.4 Å². The summed E-state index contributed by atoms with van der Waals surface area (Å²) in [7, 11) is 6.99. The molecule has 3 aromatic heterocycles. The van der Waals surface area contributed by atoms with E-state index in [1.165, 1.54) is 26.1 Å². The first-order valence-electron chi connectivity index (χ1n) is 22.3. The number of benzene rings is 1. The Labute approximate surface area is 433 Å². The molecule has 4 amide bonds. The van der Waals surface area contributed by atoms with Crippen LogP contribution in [0.3, 0.4) is 0 Å². The van der Waals surface area contributed by atoms with Gasteiger partial charge in [0.15, 0.2) is 0 Å². The molecule has 4 aromatic rings. The Balaban J connectivity index is 0.00000306. The zero-order valence-electron chi connectivity index (χ0n) is 40.9. The highest BCUT2D eigenvalue weighted by atomic mass is 32.1. The summed E-state index contributed by atoms with van der Waals surface area (Å²) in [6, 6.07) is 7.24. The van der Waals surface area contributed by atoms with Gasteiger partial charge >= 0.3 is 12.0 Å². The van der Waals surface area contributed by atoms with E-state index in [0.29, 0.717) is 43.9 Å². The van der Waals surface area contributed by atoms with Gasteiger partial charge in [0, 0.05) is 79.2 Å². The molecule has 0 saturated carbocycles. The number of likely N-dealkylation sites (tertiary alicyclic amines) is 1. The number of ether oxygens (including phenoxy) is 2. The van der Waals surface area contributed by atoms with Crippen molar-refractivity contribution in [2.75, 3.05) is 61.0 Å². The van der Waals surface area contributed by atoms with Crippen molar-refractivity contribution < 1.29 is 33.8 Å². The van der Waals surface area contributed by atoms with Gasteiger partial charge in [-0.25, -0.2) is 15.2 Å². The summed E-state index contributed by atoms with van der Waals surface area (Å²) < 4.78 is 14.2. The molecule has 4 atom stereocenters. The molecule has 0 radical (unpaired) electrons. The number of β-amino-alcohol motifs (C(OH)–C–C–N with tert-alkyl or cyclic N) is 1. The van der Waals surface area contributed by atoms with E-state index >= 15 is 0 Å². The van der Waals surface area contributed by atoms with Crippen molar-refractivity contribution in [2.45, 2.75) is 104 Å². The first-order valence-corrected chi connectivity index (χ1v) is 23.2. The average Bonchev–Trinajstić information content (AvgIpc) is 3.84. The zero-order valence-corrected chi connectivity index (χ0v) is 45.8. The van der Waals surface area contributed by atoms with Gasteiger partial charge in [0.1, 0.15) is 23.7 Å². The van der Waals surface area contributed by atoms with Gasteiger partial charge in [-0.05, 0) is 83.0 Å². The van der Waals surface area contributed by atoms with Gasteiger partial charge in [0.25, 0.3) is 5.91 Å². The smallest absolute Gasteiger partial charge is 0.324 e. The fourth-order valence-electron chi connectivity index (χ4n) is 9.58. The number of urea groups is 1. The van der Waals surface area contributed by atoms with E-state index in [2.05, 4.69) is 60.3 Å². The monoisotopic (exact) mass is 1040 g/mol. The highest BCUT2D eigenvalue weighted by Crippen LogP contribution is 2.42. The van der Waals surface area contributed by atoms with Crippen LogP contribution in [0.25, 0.3) is 33.4 Å². The molecule has 0 spiro atoms. The molecule has 3 aliphatic heterocycles. The van der Waals surface area contributed by atoms with Crippen LogP contribution >= 0.6 is 65.3 Å². The van der Waals surface area contributed by atoms with Crippen LogP contribution < -0.4 is 10.7 Å². The maximum absolute atomic E-state index is 14.6. The molecular formula is C47H73N9O7S5. The van der Waals surface area contributed by atoms with E-state index < -0.39 is 46.9 Å². The number of cyclic esters (lactones) is 1. The van der Waals surface area contributed by atoms with Gasteiger partial charge < -0.3 is 39.2 Å². The number of carbonyl (C=O) groups is 4. The quantitative estimate of drug-likeness (QED) is 0.175. The van der Waals surface area contributed by atoms with Gasteiger partial charge in [-0.15, -0.1) is 11.3 Å². The zero-order chi connectivity index (χ0) is 46.2. The predicted molar refractivity (Wildman–Crippen MR) is 288 cm³/mol. The number of amides is 4. The third-order valence-electron chi connectivity index (χ3n) is 12.6. The van der Waals surface area contributed by atoms with Crippen LogP contribution in [0, 0.1) is 11.3 Å². The molecule has 21 heteroatoms. The Kier molecular flexibility index (Phi) is 20.8. The highest BCUT2D eigenvalue weighted by Gasteiger charge is 2.47. The second-order valence-electron chi connectivity index (χ2n) is 19.2. The maximum atomic E-state index is 14.6. The molecule has 3 N–H and O–H groups in total. The fourth-order valence-corrected chi connectivity index (χ4v) is 10.4. The van der Waals surface area contributed by atoms with E-state index in [1.807, 2.05) is 51.2 Å². The number of pyridine rings is 1. The number of aryl methyl sites for hydroxylation is 1. The van der Waals surface area contributed by atoms with Gasteiger partial charge in [-0.3, -0.25) is 24.4 Å². The van der Waals surface area contributed by atoms with E-state index in [9.17, 15) is 24.3 Å². The summed E-state index contributed by atoms with van der Waals surface area (Å²) in [5.74, 6) is -1.69. The third kappa shape index (κ3) is 12.5. The summed E-state index contributed by atoms with van der Waals surface area (Å²) in [6.45, 7) is 13.9. The summed E-state index contributed by atoms with van der Waals surface area (Å²) >= 11 is 1.41. The molecule has 2 saturated heterocycles. The van der Waals surface area contributed by atoms with Crippen molar-refractivity contribution in [3.8, 4) is 22.5 Å². The average molecular weight is 1040 g/mol. The van der Waals surface area contributed by atoms with Crippen LogP contribution in [0.15, 0.2) is 41.9 Å². The fraction of sp³-hybridized carbons (Fsp3) is 0.574. The molecule has 1 aromatic carbocycles. The highest BCUT2D eigenvalue weighted by molar-refractivity contribution is 7.59. The third-order valence-corrected chi connectivity index (χ3v) is 13.5. The van der Waals surface area contributed by atoms with Gasteiger partial charge in [0.05, 0.1) is 47.9 Å². The molecule has 0 unspecified atom stereocenters. The summed E-state index contributed by atoms with van der Waals surface area (Å²) in [6.07, 6.45) is 3.20. The first-order chi connectivity index (χ1) is 30.3. The number of hydrazine groups is 1. The van der Waals surface area contributed by atoms with E-state index in [4.69, 9.17) is 19.4 Å². The van der Waals surface area contributed by atoms with Crippen LogP contribution in [0.5, 0.6) is 0 Å². The Hall–Kier alpha value is -3.54. The van der Waals surface area contributed by atoms with Gasteiger partial charge in [-0.2, -0.15) is 54.0 Å². The Bertz CT molecular complexity index is 2390. The van der Waals surface area contributed by atoms with Crippen LogP contribution in [-0.2, 0) is 43.2 Å². The lowest BCUT2D eigenvalue weighted by Crippen LogP contribution is -2.70. The van der Waals surface area contributed by atoms with Crippen LogP contribution in [0.4, 0.5) is 4.79 Å². The number of rotatable bonds is 10. The molecule has 16 nitrogen and oxygen atoms in total. The molecule has 378 valence electrons. The van der Waals surface area contributed by atoms with Crippen molar-refractivity contribution in [2.24, 2.45) is 11.3 Å². The normalized spacial score (nSPS) is 19.8. The second-order valence-corrected chi connectivity index (χ2v) is 20.1. The van der Waals surface area contributed by atoms with Crippen molar-refractivity contribution in [3.63, 3.8) is 0 Å². The topological polar surface area (TPSA) is 175 Å². The number of nitrogens with one attached hydrogen (secondary N) is 2. The number of fused-ring (bicyclic) bond motifs is 6. The number of aromatic nitrogens is 3. The number of nitrogens with zero attached hydrogens (tertiary/aromatic N) is 7. The SMILES string of the molecule is CCn1c(-c2cccnc2[C@H](C)OC)c2c3cc(ccc31)-c1csc(n1)C[C@H](NC(=O)[C@H](C(C)C)N(C)C(=O)N1CC(O)(CN(C)C)C1)C(=O)N1CCC[C@H](N1)C(=O)OCC(C)(C)C2.S.S.S.S. The van der Waals surface area contributed by atoms with Crippen molar-refractivity contribution in [1.29, 1.82) is 0 Å². The summed E-state index contributed by atoms with van der Waals surface area (Å²) in [5.41, 5.74) is 8.25. The van der Waals surface area contributed by atoms with Crippen LogP contribution in [0.2, 0.25) is 0 Å². The largest absolute Gasteiger partial charge is 0.464 e. The van der Waals surface area contributed by atoms with E-state index in [-0.39, 0.29) is 98.2 Å². The Morgan fingerprint density at radius 3 is 2.44 bits per heavy atom. The van der Waals surface area contributed by atoms with Crippen LogP contribution in [0.1, 0.15) is 76.8 Å². The number of aliphatic hydroxyl groups is 1. The summed E-state index contributed by atoms with van der Waals surface area (Å²) in [5, 5.41) is 19.0. The molecule has 7 rings (SSSR count). The van der Waals surface area contributed by atoms with Crippen molar-refractivity contribution in [1.82, 2.24) is 45.0 Å². The number of carbonyl (C=O) groups excluding carboxylic acids is 4. The molecule has 68 heavy (non-hydrogen) atoms. The predicted octanol–water partition coefficient (Wildman–Crippen LogP) is 5.34. The minimum atomic E-state index is -1.08. The Morgan fingerprint density at radius 2 is 1.79 bits per heavy atom. The number of hydrogen-bond acceptors (Lipinski definition) is 12. The number of thiazole rings is 1. The lowest BCUT2D eigenvalue weighted by atomic mass is 9.84. The molecule has 6 heterocycles. The lowest BCUT2D eigenvalue weighted by Gasteiger charge is -2.49. The number of methoxy groups -OCH3 is 1. The summed E-state index contributed by atoms with van der Waals surface area (Å²) in [4.78, 5) is 71.2. The molecule has 6 bridgehead atoms. The minimum absolute atomic E-state index is 0. The first kappa shape index (κ1) is 58.8. The van der Waals surface area contributed by atoms with Gasteiger partial charge in [-0.1, -0.05) is 33.8 Å². The molecule has 0 aliphatic carbocycles. The number of likely N-dealkylation sites (N-methyl/N-ethyl adjacent to an activating group) is 2. The molecular weight excluding hydrogens is 963 g/mol. The van der Waals surface area contributed by atoms with Crippen molar-refractivity contribution >= 4 is 100 Å². The number of hydrogen-bond donors (Lipinski definition) is 3. The lowest BCUT2D eigenvalue weighted by molar-refractivity contribution is -0.155. The number of esters is 1. The molecule has 3 aliphatic rings.